The number of nitrogens with zero attached hydrogens (tertiary/aromatic N) is 5. The Morgan fingerprint density at radius 1 is 0.784 bits per heavy atom. The largest absolute Gasteiger partial charge is 0.507 e. The predicted octanol–water partition coefficient (Wildman–Crippen LogP) is 5.02. The van der Waals surface area contributed by atoms with Crippen molar-refractivity contribution in [2.24, 2.45) is 0 Å². The molecule has 2 fully saturated rings. The number of benzene rings is 2. The average molecular weight is 568 g/mol. The first kappa shape index (κ1) is 25.1. The topological polar surface area (TPSA) is 127 Å². The number of phenols is 2. The van der Waals surface area contributed by atoms with Crippen molar-refractivity contribution in [3.05, 3.63) is 46.4 Å². The van der Waals surface area contributed by atoms with E-state index in [2.05, 4.69) is 46.3 Å². The maximum Gasteiger partial charge on any atom is 0.259 e. The van der Waals surface area contributed by atoms with E-state index < -0.39 is 5.91 Å². The first-order valence-electron chi connectivity index (χ1n) is 12.6. The van der Waals surface area contributed by atoms with Gasteiger partial charge in [0, 0.05) is 42.4 Å². The lowest BCUT2D eigenvalue weighted by molar-refractivity contribution is 0.102. The number of carbonyl (C=O) groups excluding carboxylic acids is 1. The van der Waals surface area contributed by atoms with E-state index in [9.17, 15) is 15.0 Å². The van der Waals surface area contributed by atoms with E-state index in [1.54, 1.807) is 18.2 Å². The molecule has 0 radical (unpaired) electrons. The van der Waals surface area contributed by atoms with Crippen molar-refractivity contribution in [3.63, 3.8) is 0 Å². The Kier molecular flexibility index (Phi) is 7.59. The Morgan fingerprint density at radius 3 is 2.00 bits per heavy atom. The van der Waals surface area contributed by atoms with Crippen LogP contribution in [0.4, 0.5) is 29.2 Å². The van der Waals surface area contributed by atoms with Crippen molar-refractivity contribution in [2.45, 2.75) is 38.5 Å². The zero-order chi connectivity index (χ0) is 25.8. The summed E-state index contributed by atoms with van der Waals surface area (Å²) in [6.07, 6.45) is 6.90. The summed E-state index contributed by atoms with van der Waals surface area (Å²) in [5.74, 6) is 0.923. The van der Waals surface area contributed by atoms with Gasteiger partial charge in [0.1, 0.15) is 11.5 Å². The number of aromatic hydroxyl groups is 2. The highest BCUT2D eigenvalue weighted by molar-refractivity contribution is 9.10. The van der Waals surface area contributed by atoms with E-state index in [0.717, 1.165) is 51.9 Å². The molecule has 0 bridgehead atoms. The van der Waals surface area contributed by atoms with E-state index in [4.69, 9.17) is 4.98 Å². The van der Waals surface area contributed by atoms with Gasteiger partial charge in [-0.1, -0.05) is 15.9 Å². The number of rotatable bonds is 6. The number of carbonyl (C=O) groups is 1. The molecule has 194 valence electrons. The van der Waals surface area contributed by atoms with E-state index in [1.165, 1.54) is 31.0 Å². The Labute approximate surface area is 223 Å². The van der Waals surface area contributed by atoms with Crippen LogP contribution in [0.3, 0.4) is 0 Å². The van der Waals surface area contributed by atoms with Crippen LogP contribution in [0.5, 0.6) is 11.5 Å². The third-order valence-electron chi connectivity index (χ3n) is 6.59. The smallest absolute Gasteiger partial charge is 0.259 e. The monoisotopic (exact) mass is 567 g/mol. The van der Waals surface area contributed by atoms with Gasteiger partial charge in [-0.2, -0.15) is 15.0 Å². The third-order valence-corrected chi connectivity index (χ3v) is 7.09. The van der Waals surface area contributed by atoms with E-state index in [-0.39, 0.29) is 22.7 Å². The summed E-state index contributed by atoms with van der Waals surface area (Å²) in [4.78, 5) is 31.2. The number of halogens is 1. The van der Waals surface area contributed by atoms with Crippen LogP contribution >= 0.6 is 15.9 Å². The molecule has 5 rings (SSSR count). The molecule has 2 aromatic carbocycles. The maximum atomic E-state index is 12.6. The molecule has 3 aromatic rings. The fourth-order valence-electron chi connectivity index (χ4n) is 4.60. The normalized spacial score (nSPS) is 15.9. The van der Waals surface area contributed by atoms with E-state index >= 15 is 0 Å². The van der Waals surface area contributed by atoms with Crippen LogP contribution in [-0.4, -0.2) is 57.3 Å². The number of piperidine rings is 2. The summed E-state index contributed by atoms with van der Waals surface area (Å²) in [5.41, 5.74) is 0.881. The summed E-state index contributed by atoms with van der Waals surface area (Å²) >= 11 is 3.30. The van der Waals surface area contributed by atoms with Gasteiger partial charge in [0.2, 0.25) is 17.8 Å². The van der Waals surface area contributed by atoms with Crippen molar-refractivity contribution in [2.75, 3.05) is 46.6 Å². The number of amides is 1. The van der Waals surface area contributed by atoms with Gasteiger partial charge < -0.3 is 30.6 Å². The highest BCUT2D eigenvalue weighted by atomic mass is 79.9. The molecule has 3 heterocycles. The van der Waals surface area contributed by atoms with Crippen molar-refractivity contribution in [3.8, 4) is 11.5 Å². The second-order valence-corrected chi connectivity index (χ2v) is 10.2. The van der Waals surface area contributed by atoms with Gasteiger partial charge >= 0.3 is 0 Å². The van der Waals surface area contributed by atoms with Crippen LogP contribution in [0, 0.1) is 0 Å². The number of phenolic OH excluding ortho intramolecular Hbond substituents is 2. The van der Waals surface area contributed by atoms with E-state index in [1.807, 2.05) is 0 Å². The molecule has 1 amide bonds. The second-order valence-electron chi connectivity index (χ2n) is 9.33. The van der Waals surface area contributed by atoms with Gasteiger partial charge in [0.05, 0.1) is 11.3 Å². The van der Waals surface area contributed by atoms with Crippen molar-refractivity contribution >= 4 is 51.1 Å². The average Bonchev–Trinajstić information content (AvgIpc) is 2.92. The molecule has 0 spiro atoms. The van der Waals surface area contributed by atoms with Crippen LogP contribution in [-0.2, 0) is 0 Å². The molecule has 0 unspecified atom stereocenters. The number of aromatic nitrogens is 3. The number of hydrogen-bond acceptors (Lipinski definition) is 9. The highest BCUT2D eigenvalue weighted by Gasteiger charge is 2.21. The SMILES string of the molecule is O=C(Nc1ccc(Nc2nc(N3CCCCC3)nc(N3CCCCC3)n2)cc1O)c1cc(Br)ccc1O. The summed E-state index contributed by atoms with van der Waals surface area (Å²) in [5, 5.41) is 26.5. The first-order valence-corrected chi connectivity index (χ1v) is 13.4. The van der Waals surface area contributed by atoms with Gasteiger partial charge in [-0.15, -0.1) is 0 Å². The number of anilines is 5. The molecular formula is C26H30BrN7O3. The molecule has 2 aliphatic rings. The maximum absolute atomic E-state index is 12.6. The molecule has 0 aliphatic carbocycles. The minimum atomic E-state index is -0.537. The first-order chi connectivity index (χ1) is 18.0. The summed E-state index contributed by atoms with van der Waals surface area (Å²) < 4.78 is 0.657. The molecule has 2 saturated heterocycles. The van der Waals surface area contributed by atoms with Gasteiger partial charge in [0.15, 0.2) is 0 Å². The Morgan fingerprint density at radius 2 is 1.41 bits per heavy atom. The van der Waals surface area contributed by atoms with Crippen LogP contribution < -0.4 is 20.4 Å². The zero-order valence-electron chi connectivity index (χ0n) is 20.5. The zero-order valence-corrected chi connectivity index (χ0v) is 22.0. The lowest BCUT2D eigenvalue weighted by atomic mass is 10.1. The number of hydrogen-bond donors (Lipinski definition) is 4. The lowest BCUT2D eigenvalue weighted by Gasteiger charge is -2.30. The fourth-order valence-corrected chi connectivity index (χ4v) is 4.97. The Hall–Kier alpha value is -3.60. The van der Waals surface area contributed by atoms with Crippen LogP contribution in [0.25, 0.3) is 0 Å². The van der Waals surface area contributed by atoms with Gasteiger partial charge in [0.25, 0.3) is 5.91 Å². The molecule has 10 nitrogen and oxygen atoms in total. The van der Waals surface area contributed by atoms with Gasteiger partial charge in [-0.25, -0.2) is 0 Å². The van der Waals surface area contributed by atoms with Gasteiger partial charge in [-0.3, -0.25) is 4.79 Å². The quantitative estimate of drug-likeness (QED) is 0.303. The summed E-state index contributed by atoms with van der Waals surface area (Å²) in [7, 11) is 0. The van der Waals surface area contributed by atoms with Crippen LogP contribution in [0.1, 0.15) is 48.9 Å². The highest BCUT2D eigenvalue weighted by Crippen LogP contribution is 2.31. The molecule has 0 atom stereocenters. The minimum absolute atomic E-state index is 0.0941. The van der Waals surface area contributed by atoms with Crippen molar-refractivity contribution < 1.29 is 15.0 Å². The standard InChI is InChI=1S/C26H30BrN7O3/c27-17-7-10-21(35)19(15-17)23(37)29-20-9-8-18(16-22(20)36)28-24-30-25(33-11-3-1-4-12-33)32-26(31-24)34-13-5-2-6-14-34/h7-10,15-16,35-36H,1-6,11-14H2,(H,29,37)(H,28,30,31,32). The van der Waals surface area contributed by atoms with Crippen molar-refractivity contribution in [1.29, 1.82) is 0 Å². The Bertz CT molecular complexity index is 1240. The molecule has 2 aliphatic heterocycles. The number of nitrogens with one attached hydrogen (secondary N) is 2. The lowest BCUT2D eigenvalue weighted by Crippen LogP contribution is -2.34. The molecule has 11 heteroatoms. The minimum Gasteiger partial charge on any atom is -0.507 e. The van der Waals surface area contributed by atoms with Gasteiger partial charge in [-0.05, 0) is 68.9 Å². The molecule has 1 aromatic heterocycles. The molecule has 37 heavy (non-hydrogen) atoms. The van der Waals surface area contributed by atoms with Crippen molar-refractivity contribution in [1.82, 2.24) is 15.0 Å². The van der Waals surface area contributed by atoms with Crippen LogP contribution in [0.15, 0.2) is 40.9 Å². The second kappa shape index (κ2) is 11.2. The fraction of sp³-hybridized carbons (Fsp3) is 0.385. The Balaban J connectivity index is 1.36. The molecular weight excluding hydrogens is 538 g/mol. The molecule has 4 N–H and O–H groups in total. The molecule has 0 saturated carbocycles. The summed E-state index contributed by atoms with van der Waals surface area (Å²) in [6.45, 7) is 3.69. The van der Waals surface area contributed by atoms with E-state index in [0.29, 0.717) is 28.0 Å². The van der Waals surface area contributed by atoms with Crippen LogP contribution in [0.2, 0.25) is 0 Å². The predicted molar refractivity (Wildman–Crippen MR) is 147 cm³/mol. The summed E-state index contributed by atoms with van der Waals surface area (Å²) in [6, 6.07) is 9.39. The third kappa shape index (κ3) is 6.04.